The highest BCUT2D eigenvalue weighted by molar-refractivity contribution is 6.33. The molecule has 1 rings (SSSR count). The Hall–Kier alpha value is -1.09. The Labute approximate surface area is 101 Å². The molecule has 0 aromatic carbocycles. The van der Waals surface area contributed by atoms with Gasteiger partial charge in [0, 0.05) is 18.4 Å². The van der Waals surface area contributed by atoms with Crippen LogP contribution in [0.3, 0.4) is 0 Å². The van der Waals surface area contributed by atoms with Crippen LogP contribution >= 0.6 is 11.6 Å². The summed E-state index contributed by atoms with van der Waals surface area (Å²) in [7, 11) is 0. The monoisotopic (exact) mass is 240 g/mol. The minimum atomic E-state index is -0.151. The minimum Gasteiger partial charge on any atom is -0.349 e. The van der Waals surface area contributed by atoms with Gasteiger partial charge in [0.2, 0.25) is 0 Å². The molecular weight excluding hydrogens is 224 g/mol. The van der Waals surface area contributed by atoms with E-state index in [4.69, 9.17) is 11.6 Å². The van der Waals surface area contributed by atoms with Crippen LogP contribution in [0.15, 0.2) is 18.5 Å². The van der Waals surface area contributed by atoms with Gasteiger partial charge in [-0.2, -0.15) is 0 Å². The zero-order chi connectivity index (χ0) is 12.0. The highest BCUT2D eigenvalue weighted by Gasteiger charge is 2.12. The Bertz CT molecular complexity index is 355. The molecule has 0 spiro atoms. The Balaban J connectivity index is 2.56. The third-order valence-corrected chi connectivity index (χ3v) is 2.71. The van der Waals surface area contributed by atoms with Gasteiger partial charge in [-0.15, -0.1) is 0 Å². The molecule has 0 fully saturated rings. The van der Waals surface area contributed by atoms with E-state index in [-0.39, 0.29) is 11.9 Å². The van der Waals surface area contributed by atoms with Crippen LogP contribution in [0.4, 0.5) is 0 Å². The largest absolute Gasteiger partial charge is 0.349 e. The summed E-state index contributed by atoms with van der Waals surface area (Å²) in [6.45, 7) is 4.13. The Kier molecular flexibility index (Phi) is 5.26. The van der Waals surface area contributed by atoms with Crippen LogP contribution in [0.1, 0.15) is 43.5 Å². The van der Waals surface area contributed by atoms with Crippen molar-refractivity contribution < 1.29 is 4.79 Å². The van der Waals surface area contributed by atoms with Crippen LogP contribution in [0.2, 0.25) is 5.02 Å². The van der Waals surface area contributed by atoms with Crippen LogP contribution < -0.4 is 5.32 Å². The molecule has 1 amide bonds. The van der Waals surface area contributed by atoms with Crippen molar-refractivity contribution >= 4 is 17.5 Å². The number of hydrogen-bond donors (Lipinski definition) is 1. The molecule has 1 heterocycles. The number of aromatic nitrogens is 1. The maximum Gasteiger partial charge on any atom is 0.254 e. The average Bonchev–Trinajstić information content (AvgIpc) is 2.26. The molecule has 1 unspecified atom stereocenters. The third kappa shape index (κ3) is 3.81. The maximum absolute atomic E-state index is 11.8. The Morgan fingerprint density at radius 1 is 1.62 bits per heavy atom. The molecule has 0 aliphatic rings. The quantitative estimate of drug-likeness (QED) is 0.860. The number of pyridine rings is 1. The number of halogens is 1. The number of carbonyl (C=O) groups is 1. The molecule has 1 aromatic rings. The first kappa shape index (κ1) is 13.0. The summed E-state index contributed by atoms with van der Waals surface area (Å²) in [6.07, 6.45) is 6.29. The SMILES string of the molecule is CCCCC(C)NC(=O)c1cnccc1Cl. The standard InChI is InChI=1S/C12H17ClN2O/c1-3-4-5-9(2)15-12(16)10-8-14-7-6-11(10)13/h6-9H,3-5H2,1-2H3,(H,15,16). The zero-order valence-corrected chi connectivity index (χ0v) is 10.4. The average molecular weight is 241 g/mol. The molecule has 1 N–H and O–H groups in total. The number of carbonyl (C=O) groups excluding carboxylic acids is 1. The van der Waals surface area contributed by atoms with E-state index in [0.29, 0.717) is 10.6 Å². The van der Waals surface area contributed by atoms with Gasteiger partial charge in [-0.3, -0.25) is 9.78 Å². The fraction of sp³-hybridized carbons (Fsp3) is 0.500. The summed E-state index contributed by atoms with van der Waals surface area (Å²) in [5.41, 5.74) is 0.438. The van der Waals surface area contributed by atoms with Gasteiger partial charge < -0.3 is 5.32 Å². The molecule has 0 saturated heterocycles. The van der Waals surface area contributed by atoms with E-state index in [1.54, 1.807) is 12.3 Å². The number of amides is 1. The van der Waals surface area contributed by atoms with Crippen LogP contribution in [0.5, 0.6) is 0 Å². The number of rotatable bonds is 5. The highest BCUT2D eigenvalue weighted by Crippen LogP contribution is 2.13. The van der Waals surface area contributed by atoms with E-state index in [1.807, 2.05) is 6.92 Å². The van der Waals surface area contributed by atoms with Gasteiger partial charge in [0.1, 0.15) is 0 Å². The van der Waals surface area contributed by atoms with Gasteiger partial charge in [0.05, 0.1) is 10.6 Å². The van der Waals surface area contributed by atoms with Gasteiger partial charge in [0.25, 0.3) is 5.91 Å². The molecule has 0 saturated carbocycles. The second-order valence-electron chi connectivity index (χ2n) is 3.87. The minimum absolute atomic E-state index is 0.151. The molecule has 4 heteroatoms. The number of nitrogens with zero attached hydrogens (tertiary/aromatic N) is 1. The van der Waals surface area contributed by atoms with Crippen molar-refractivity contribution in [2.75, 3.05) is 0 Å². The van der Waals surface area contributed by atoms with Crippen molar-refractivity contribution in [3.8, 4) is 0 Å². The lowest BCUT2D eigenvalue weighted by atomic mass is 10.1. The predicted molar refractivity (Wildman–Crippen MR) is 65.7 cm³/mol. The lowest BCUT2D eigenvalue weighted by Gasteiger charge is -2.13. The zero-order valence-electron chi connectivity index (χ0n) is 9.66. The van der Waals surface area contributed by atoms with Crippen LogP contribution in [-0.4, -0.2) is 16.9 Å². The summed E-state index contributed by atoms with van der Waals surface area (Å²) < 4.78 is 0. The molecule has 3 nitrogen and oxygen atoms in total. The molecule has 0 radical (unpaired) electrons. The molecule has 16 heavy (non-hydrogen) atoms. The normalized spacial score (nSPS) is 12.2. The Morgan fingerprint density at radius 3 is 3.00 bits per heavy atom. The first-order chi connectivity index (χ1) is 7.65. The summed E-state index contributed by atoms with van der Waals surface area (Å²) in [5, 5.41) is 3.35. The van der Waals surface area contributed by atoms with E-state index >= 15 is 0 Å². The third-order valence-electron chi connectivity index (χ3n) is 2.38. The van der Waals surface area contributed by atoms with E-state index in [0.717, 1.165) is 19.3 Å². The fourth-order valence-electron chi connectivity index (χ4n) is 1.43. The van der Waals surface area contributed by atoms with E-state index < -0.39 is 0 Å². The van der Waals surface area contributed by atoms with Crippen molar-refractivity contribution in [2.24, 2.45) is 0 Å². The van der Waals surface area contributed by atoms with Crippen molar-refractivity contribution in [1.29, 1.82) is 0 Å². The van der Waals surface area contributed by atoms with Crippen molar-refractivity contribution in [2.45, 2.75) is 39.2 Å². The lowest BCUT2D eigenvalue weighted by Crippen LogP contribution is -2.32. The summed E-state index contributed by atoms with van der Waals surface area (Å²) >= 11 is 5.91. The first-order valence-corrected chi connectivity index (χ1v) is 5.93. The van der Waals surface area contributed by atoms with Crippen molar-refractivity contribution in [1.82, 2.24) is 10.3 Å². The second-order valence-corrected chi connectivity index (χ2v) is 4.28. The van der Waals surface area contributed by atoms with Crippen LogP contribution in [-0.2, 0) is 0 Å². The van der Waals surface area contributed by atoms with Crippen molar-refractivity contribution in [3.63, 3.8) is 0 Å². The molecule has 1 atom stereocenters. The van der Waals surface area contributed by atoms with Gasteiger partial charge in [0.15, 0.2) is 0 Å². The molecule has 88 valence electrons. The van der Waals surface area contributed by atoms with Gasteiger partial charge in [-0.25, -0.2) is 0 Å². The first-order valence-electron chi connectivity index (χ1n) is 5.55. The van der Waals surface area contributed by atoms with Crippen LogP contribution in [0.25, 0.3) is 0 Å². The van der Waals surface area contributed by atoms with E-state index in [1.165, 1.54) is 6.20 Å². The molecule has 0 bridgehead atoms. The topological polar surface area (TPSA) is 42.0 Å². The van der Waals surface area contributed by atoms with Gasteiger partial charge >= 0.3 is 0 Å². The number of hydrogen-bond acceptors (Lipinski definition) is 2. The smallest absolute Gasteiger partial charge is 0.254 e. The van der Waals surface area contributed by atoms with Crippen molar-refractivity contribution in [3.05, 3.63) is 29.0 Å². The van der Waals surface area contributed by atoms with Crippen LogP contribution in [0, 0.1) is 0 Å². The molecule has 0 aliphatic heterocycles. The van der Waals surface area contributed by atoms with Gasteiger partial charge in [-0.1, -0.05) is 31.4 Å². The number of nitrogens with one attached hydrogen (secondary N) is 1. The molecule has 0 aliphatic carbocycles. The maximum atomic E-state index is 11.8. The molecule has 1 aromatic heterocycles. The highest BCUT2D eigenvalue weighted by atomic mass is 35.5. The number of unbranched alkanes of at least 4 members (excludes halogenated alkanes) is 1. The summed E-state index contributed by atoms with van der Waals surface area (Å²) in [5.74, 6) is -0.151. The second kappa shape index (κ2) is 6.48. The molecular formula is C12H17ClN2O. The van der Waals surface area contributed by atoms with E-state index in [2.05, 4.69) is 17.2 Å². The van der Waals surface area contributed by atoms with E-state index in [9.17, 15) is 4.79 Å². The lowest BCUT2D eigenvalue weighted by molar-refractivity contribution is 0.0938. The summed E-state index contributed by atoms with van der Waals surface area (Å²) in [6, 6.07) is 1.79. The van der Waals surface area contributed by atoms with Gasteiger partial charge in [-0.05, 0) is 19.4 Å². The Morgan fingerprint density at radius 2 is 2.38 bits per heavy atom. The fourth-order valence-corrected chi connectivity index (χ4v) is 1.62. The predicted octanol–water partition coefficient (Wildman–Crippen LogP) is 3.04. The summed E-state index contributed by atoms with van der Waals surface area (Å²) in [4.78, 5) is 15.7.